The van der Waals surface area contributed by atoms with Crippen molar-refractivity contribution in [2.75, 3.05) is 20.6 Å². The number of rotatable bonds is 10. The molecular weight excluding hydrogens is 316 g/mol. The van der Waals surface area contributed by atoms with Gasteiger partial charge >= 0.3 is 0 Å². The van der Waals surface area contributed by atoms with E-state index in [0.29, 0.717) is 0 Å². The third-order valence-corrected chi connectivity index (χ3v) is 3.36. The molecule has 1 N–H and O–H groups in total. The van der Waals surface area contributed by atoms with Gasteiger partial charge in [-0.15, -0.1) is 0 Å². The van der Waals surface area contributed by atoms with Gasteiger partial charge in [0.15, 0.2) is 11.5 Å². The minimum Gasteiger partial charge on any atom is -0.493 e. The summed E-state index contributed by atoms with van der Waals surface area (Å²) >= 11 is 0. The lowest BCUT2D eigenvalue weighted by molar-refractivity contribution is 0.0976. The average Bonchev–Trinajstić information content (AvgIpc) is 2.66. The van der Waals surface area contributed by atoms with Gasteiger partial charge in [-0.3, -0.25) is 0 Å². The molecule has 0 radical (unpaired) electrons. The first kappa shape index (κ1) is 8.95. The zero-order valence-corrected chi connectivity index (χ0v) is 13.8. The SMILES string of the molecule is [2H]C([2H])([2H])Oc1ccc(C([2H])([2H])CCCC([2H])(O)C([2H])([2H])Oc2cccc(C)c2)cc1OC([2H])([2H])[2H]. The molecule has 0 fully saturated rings. The smallest absolute Gasteiger partial charge is 0.160 e. The third-order valence-electron chi connectivity index (χ3n) is 3.36. The highest BCUT2D eigenvalue weighted by molar-refractivity contribution is 5.42. The van der Waals surface area contributed by atoms with Crippen molar-refractivity contribution in [3.8, 4) is 17.2 Å². The number of benzene rings is 2. The van der Waals surface area contributed by atoms with Crippen molar-refractivity contribution in [2.45, 2.75) is 38.6 Å². The molecule has 2 aromatic rings. The molecule has 0 aromatic heterocycles. The molecule has 0 saturated carbocycles. The van der Waals surface area contributed by atoms with Crippen molar-refractivity contribution in [1.29, 1.82) is 0 Å². The molecule has 2 rings (SSSR count). The topological polar surface area (TPSA) is 47.9 Å². The maximum atomic E-state index is 10.4. The van der Waals surface area contributed by atoms with Crippen LogP contribution in [0, 0.1) is 6.92 Å². The number of hydrogen-bond acceptors (Lipinski definition) is 4. The highest BCUT2D eigenvalue weighted by atomic mass is 16.5. The summed E-state index contributed by atoms with van der Waals surface area (Å²) in [7, 11) is -5.85. The molecule has 0 aliphatic rings. The Hall–Kier alpha value is -2.20. The van der Waals surface area contributed by atoms with Crippen LogP contribution in [0.25, 0.3) is 0 Å². The van der Waals surface area contributed by atoms with Crippen molar-refractivity contribution in [3.63, 3.8) is 0 Å². The van der Waals surface area contributed by atoms with Crippen LogP contribution in [-0.2, 0) is 6.37 Å². The highest BCUT2D eigenvalue weighted by Crippen LogP contribution is 2.28. The molecule has 4 nitrogen and oxygen atoms in total. The third kappa shape index (κ3) is 6.31. The maximum absolute atomic E-state index is 10.4. The zero-order valence-electron chi connectivity index (χ0n) is 24.8. The molecular formula is C21H28O4. The fourth-order valence-corrected chi connectivity index (χ4v) is 2.12. The number of ether oxygens (including phenoxy) is 3. The minimum absolute atomic E-state index is 0.0628. The number of hydrogen-bond donors (Lipinski definition) is 1. The van der Waals surface area contributed by atoms with Crippen LogP contribution in [0.2, 0.25) is 0 Å². The quantitative estimate of drug-likeness (QED) is 0.695. The second kappa shape index (κ2) is 9.94. The van der Waals surface area contributed by atoms with Crippen LogP contribution in [-0.4, -0.2) is 31.8 Å². The van der Waals surface area contributed by atoms with Crippen LogP contribution in [0.1, 0.15) is 45.5 Å². The van der Waals surface area contributed by atoms with E-state index in [1.165, 1.54) is 12.1 Å². The van der Waals surface area contributed by atoms with E-state index >= 15 is 0 Å². The van der Waals surface area contributed by atoms with Gasteiger partial charge in [0.25, 0.3) is 0 Å². The first-order valence-corrected chi connectivity index (χ1v) is 7.71. The van der Waals surface area contributed by atoms with Crippen LogP contribution in [0.4, 0.5) is 0 Å². The Bertz CT molecular complexity index is 1030. The van der Waals surface area contributed by atoms with E-state index < -0.39 is 51.0 Å². The summed E-state index contributed by atoms with van der Waals surface area (Å²) in [6.07, 6.45) is -5.76. The molecule has 4 heteroatoms. The molecule has 1 unspecified atom stereocenters. The first-order valence-electron chi connectivity index (χ1n) is 13.2. The van der Waals surface area contributed by atoms with Gasteiger partial charge in [-0.05, 0) is 61.5 Å². The summed E-state index contributed by atoms with van der Waals surface area (Å²) in [6, 6.07) is 9.74. The number of aliphatic hydroxyl groups is 1. The zero-order chi connectivity index (χ0) is 27.6. The van der Waals surface area contributed by atoms with Crippen molar-refractivity contribution in [3.05, 3.63) is 53.6 Å². The van der Waals surface area contributed by atoms with Gasteiger partial charge in [-0.1, -0.05) is 24.6 Å². The summed E-state index contributed by atoms with van der Waals surface area (Å²) in [5.74, 6) is -0.776. The minimum atomic E-state index is -2.96. The lowest BCUT2D eigenvalue weighted by atomic mass is 10.0. The van der Waals surface area contributed by atoms with Crippen molar-refractivity contribution < 1.29 is 34.4 Å². The Morgan fingerprint density at radius 2 is 1.96 bits per heavy atom. The van der Waals surface area contributed by atoms with Crippen LogP contribution in [0.15, 0.2) is 42.5 Å². The molecule has 0 amide bonds. The molecule has 25 heavy (non-hydrogen) atoms. The van der Waals surface area contributed by atoms with Crippen molar-refractivity contribution in [2.24, 2.45) is 0 Å². The van der Waals surface area contributed by atoms with E-state index in [1.807, 2.05) is 0 Å². The van der Waals surface area contributed by atoms with E-state index in [2.05, 4.69) is 0 Å². The van der Waals surface area contributed by atoms with E-state index in [4.69, 9.17) is 29.3 Å². The predicted octanol–water partition coefficient (Wildman–Crippen LogP) is 4.16. The fourth-order valence-electron chi connectivity index (χ4n) is 2.12. The first-order chi connectivity index (χ1) is 16.2. The fraction of sp³-hybridized carbons (Fsp3) is 0.429. The molecule has 136 valence electrons. The molecule has 0 aliphatic carbocycles. The second-order valence-corrected chi connectivity index (χ2v) is 5.36. The molecule has 0 heterocycles. The van der Waals surface area contributed by atoms with Gasteiger partial charge in [-0.25, -0.2) is 0 Å². The van der Waals surface area contributed by atoms with Gasteiger partial charge in [0, 0.05) is 2.74 Å². The standard InChI is InChI=1S/C21H28O4/c1-16-7-6-10-19(13-16)25-15-18(22)9-5-4-8-17-11-12-20(23-2)21(14-17)24-3/h6-7,10-14,18,22H,4-5,8-9,15H2,1-3H3/i2D3,3D3,8D2,15D2,18D. The highest BCUT2D eigenvalue weighted by Gasteiger charge is 2.07. The van der Waals surface area contributed by atoms with Gasteiger partial charge in [0.2, 0.25) is 0 Å². The second-order valence-electron chi connectivity index (χ2n) is 5.36. The van der Waals surface area contributed by atoms with E-state index in [1.54, 1.807) is 25.1 Å². The number of aryl methyl sites for hydroxylation is 2. The normalized spacial score (nSPS) is 21.8. The van der Waals surface area contributed by atoms with Crippen LogP contribution < -0.4 is 14.2 Å². The van der Waals surface area contributed by atoms with Gasteiger partial charge in [0.05, 0.1) is 32.5 Å². The Morgan fingerprint density at radius 3 is 2.76 bits per heavy atom. The molecule has 1 atom stereocenters. The molecule has 0 bridgehead atoms. The van der Waals surface area contributed by atoms with Crippen molar-refractivity contribution in [1.82, 2.24) is 0 Å². The summed E-state index contributed by atoms with van der Waals surface area (Å²) in [4.78, 5) is 0. The van der Waals surface area contributed by atoms with Crippen LogP contribution in [0.5, 0.6) is 17.2 Å². The van der Waals surface area contributed by atoms with Crippen LogP contribution in [0.3, 0.4) is 0 Å². The number of methoxy groups -OCH3 is 2. The summed E-state index contributed by atoms with van der Waals surface area (Å²) in [6.45, 7) is -1.03. The predicted molar refractivity (Wildman–Crippen MR) is 99.8 cm³/mol. The van der Waals surface area contributed by atoms with Gasteiger partial charge < -0.3 is 19.3 Å². The maximum Gasteiger partial charge on any atom is 0.160 e. The van der Waals surface area contributed by atoms with E-state index in [-0.39, 0.29) is 24.2 Å². The Labute approximate surface area is 165 Å². The molecule has 0 saturated heterocycles. The van der Waals surface area contributed by atoms with Gasteiger partial charge in [-0.2, -0.15) is 0 Å². The molecule has 0 aliphatic heterocycles. The summed E-state index contributed by atoms with van der Waals surface area (Å²) < 4.78 is 99.1. The average molecular weight is 356 g/mol. The lowest BCUT2D eigenvalue weighted by Crippen LogP contribution is -2.17. The summed E-state index contributed by atoms with van der Waals surface area (Å²) in [5, 5.41) is 10.4. The van der Waals surface area contributed by atoms with Gasteiger partial charge in [0.1, 0.15) is 12.3 Å². The Kier molecular flexibility index (Phi) is 3.56. The van der Waals surface area contributed by atoms with Crippen LogP contribution >= 0.6 is 0 Å². The van der Waals surface area contributed by atoms with E-state index in [0.717, 1.165) is 17.7 Å². The van der Waals surface area contributed by atoms with E-state index in [9.17, 15) is 5.11 Å². The Morgan fingerprint density at radius 1 is 1.12 bits per heavy atom. The lowest BCUT2D eigenvalue weighted by Gasteiger charge is -2.13. The summed E-state index contributed by atoms with van der Waals surface area (Å²) in [5.41, 5.74) is 0.731. The molecule has 2 aromatic carbocycles. The Balaban J connectivity index is 2.15. The monoisotopic (exact) mass is 355 g/mol. The molecule has 0 spiro atoms. The largest absolute Gasteiger partial charge is 0.493 e. The van der Waals surface area contributed by atoms with Crippen molar-refractivity contribution >= 4 is 0 Å².